The molecule has 0 atom stereocenters. The first-order valence-corrected chi connectivity index (χ1v) is 12.9. The number of rotatable bonds is 10. The summed E-state index contributed by atoms with van der Waals surface area (Å²) in [6.45, 7) is 2.81. The molecule has 0 unspecified atom stereocenters. The van der Waals surface area contributed by atoms with E-state index >= 15 is 0 Å². The molecule has 0 amide bonds. The molecule has 0 radical (unpaired) electrons. The van der Waals surface area contributed by atoms with E-state index in [4.69, 9.17) is 4.74 Å². The van der Waals surface area contributed by atoms with Crippen molar-refractivity contribution in [3.05, 3.63) is 102 Å². The van der Waals surface area contributed by atoms with E-state index in [1.165, 1.54) is 6.20 Å². The number of esters is 1. The van der Waals surface area contributed by atoms with Gasteiger partial charge in [0, 0.05) is 17.4 Å². The summed E-state index contributed by atoms with van der Waals surface area (Å²) in [4.78, 5) is 12.2. The normalized spacial score (nSPS) is 11.2. The van der Waals surface area contributed by atoms with Gasteiger partial charge >= 0.3 is 5.97 Å². The number of nitrogens with zero attached hydrogens (tertiary/aromatic N) is 2. The van der Waals surface area contributed by atoms with E-state index in [1.54, 1.807) is 28.9 Å². The van der Waals surface area contributed by atoms with Crippen LogP contribution in [0, 0.1) is 0 Å². The van der Waals surface area contributed by atoms with Crippen LogP contribution in [0.25, 0.3) is 11.3 Å². The first kappa shape index (κ1) is 24.2. The van der Waals surface area contributed by atoms with Gasteiger partial charge in [-0.3, -0.25) is 9.40 Å². The molecule has 0 saturated heterocycles. The number of aromatic nitrogens is 2. The van der Waals surface area contributed by atoms with Crippen LogP contribution in [0.15, 0.2) is 96.0 Å². The fraction of sp³-hybridized carbons (Fsp3) is 0.185. The molecule has 0 aliphatic rings. The molecule has 0 bridgehead atoms. The number of benzene rings is 3. The molecule has 1 heterocycles. The molecule has 0 aliphatic carbocycles. The zero-order chi connectivity index (χ0) is 24.7. The summed E-state index contributed by atoms with van der Waals surface area (Å²) in [5.74, 6) is -0.429. The van der Waals surface area contributed by atoms with Crippen molar-refractivity contribution in [2.75, 3.05) is 11.3 Å². The molecule has 0 saturated carbocycles. The fourth-order valence-corrected chi connectivity index (χ4v) is 4.75. The number of carbonyl (C=O) groups excluding carboxylic acids is 1. The number of sulfonamides is 1. The summed E-state index contributed by atoms with van der Waals surface area (Å²) in [5.41, 5.74) is 2.78. The Bertz CT molecular complexity index is 1370. The van der Waals surface area contributed by atoms with Crippen LogP contribution in [0.4, 0.5) is 5.69 Å². The molecule has 1 aromatic heterocycles. The summed E-state index contributed by atoms with van der Waals surface area (Å²) >= 11 is 0. The lowest BCUT2D eigenvalue weighted by Gasteiger charge is -2.09. The summed E-state index contributed by atoms with van der Waals surface area (Å²) in [6, 6.07) is 25.1. The van der Waals surface area contributed by atoms with Gasteiger partial charge in [-0.15, -0.1) is 0 Å². The number of anilines is 1. The summed E-state index contributed by atoms with van der Waals surface area (Å²) in [5, 5.41) is 4.59. The maximum atomic E-state index is 13.4. The SMILES string of the molecule is CCCCOC(=O)c1ccc(NS(=O)(=O)c2cn(Cc3ccccc3)nc2-c2ccccc2)cc1. The van der Waals surface area contributed by atoms with E-state index in [1.807, 2.05) is 67.6 Å². The van der Waals surface area contributed by atoms with Crippen molar-refractivity contribution >= 4 is 21.7 Å². The van der Waals surface area contributed by atoms with Crippen LogP contribution < -0.4 is 4.72 Å². The summed E-state index contributed by atoms with van der Waals surface area (Å²) in [7, 11) is -3.96. The van der Waals surface area contributed by atoms with Crippen LogP contribution in [0.2, 0.25) is 0 Å². The Morgan fingerprint density at radius 2 is 1.60 bits per heavy atom. The van der Waals surface area contributed by atoms with Crippen molar-refractivity contribution in [2.45, 2.75) is 31.2 Å². The van der Waals surface area contributed by atoms with Gasteiger partial charge in [-0.25, -0.2) is 13.2 Å². The maximum absolute atomic E-state index is 13.4. The molecule has 0 fully saturated rings. The predicted octanol–water partition coefficient (Wildman–Crippen LogP) is 5.36. The number of carbonyl (C=O) groups is 1. The molecular weight excluding hydrogens is 462 g/mol. The number of ether oxygens (including phenoxy) is 1. The van der Waals surface area contributed by atoms with Crippen LogP contribution >= 0.6 is 0 Å². The number of nitrogens with one attached hydrogen (secondary N) is 1. The number of unbranched alkanes of at least 4 members (excludes halogenated alkanes) is 1. The summed E-state index contributed by atoms with van der Waals surface area (Å²) in [6.07, 6.45) is 3.27. The minimum Gasteiger partial charge on any atom is -0.462 e. The third-order valence-electron chi connectivity index (χ3n) is 5.36. The Morgan fingerprint density at radius 3 is 2.26 bits per heavy atom. The van der Waals surface area contributed by atoms with Gasteiger partial charge < -0.3 is 4.74 Å². The summed E-state index contributed by atoms with van der Waals surface area (Å²) < 4.78 is 36.2. The zero-order valence-electron chi connectivity index (χ0n) is 19.4. The highest BCUT2D eigenvalue weighted by Gasteiger charge is 2.24. The molecular formula is C27H27N3O4S. The average molecular weight is 490 g/mol. The van der Waals surface area contributed by atoms with E-state index in [0.717, 1.165) is 18.4 Å². The highest BCUT2D eigenvalue weighted by Crippen LogP contribution is 2.28. The molecule has 0 aliphatic heterocycles. The van der Waals surface area contributed by atoms with Crippen LogP contribution in [-0.4, -0.2) is 30.8 Å². The van der Waals surface area contributed by atoms with Crippen molar-refractivity contribution in [1.82, 2.24) is 9.78 Å². The van der Waals surface area contributed by atoms with Crippen molar-refractivity contribution < 1.29 is 17.9 Å². The monoisotopic (exact) mass is 489 g/mol. The third kappa shape index (κ3) is 6.16. The van der Waals surface area contributed by atoms with Crippen LogP contribution in [0.5, 0.6) is 0 Å². The molecule has 1 N–H and O–H groups in total. The van der Waals surface area contributed by atoms with Gasteiger partial charge in [0.15, 0.2) is 0 Å². The maximum Gasteiger partial charge on any atom is 0.338 e. The second kappa shape index (κ2) is 11.0. The standard InChI is InChI=1S/C27H27N3O4S/c1-2-3-18-34-27(31)23-14-16-24(17-15-23)29-35(32,33)25-20-30(19-21-10-6-4-7-11-21)28-26(25)22-12-8-5-9-13-22/h4-17,20,29H,2-3,18-19H2,1H3. The van der Waals surface area contributed by atoms with E-state index < -0.39 is 16.0 Å². The van der Waals surface area contributed by atoms with E-state index in [-0.39, 0.29) is 4.90 Å². The third-order valence-corrected chi connectivity index (χ3v) is 6.74. The molecule has 3 aromatic carbocycles. The minimum absolute atomic E-state index is 0.0719. The highest BCUT2D eigenvalue weighted by atomic mass is 32.2. The molecule has 7 nitrogen and oxygen atoms in total. The van der Waals surface area contributed by atoms with Crippen molar-refractivity contribution in [1.29, 1.82) is 0 Å². The van der Waals surface area contributed by atoms with Gasteiger partial charge in [-0.2, -0.15) is 5.10 Å². The topological polar surface area (TPSA) is 90.3 Å². The van der Waals surface area contributed by atoms with Gasteiger partial charge in [0.25, 0.3) is 10.0 Å². The molecule has 8 heteroatoms. The van der Waals surface area contributed by atoms with Gasteiger partial charge in [-0.05, 0) is 36.2 Å². The molecule has 180 valence electrons. The predicted molar refractivity (Wildman–Crippen MR) is 136 cm³/mol. The lowest BCUT2D eigenvalue weighted by Crippen LogP contribution is -2.14. The Labute approximate surface area is 205 Å². The van der Waals surface area contributed by atoms with Gasteiger partial charge in [0.05, 0.1) is 18.7 Å². The van der Waals surface area contributed by atoms with Gasteiger partial charge in [-0.1, -0.05) is 74.0 Å². The number of hydrogen-bond donors (Lipinski definition) is 1. The van der Waals surface area contributed by atoms with Crippen molar-refractivity contribution in [3.63, 3.8) is 0 Å². The lowest BCUT2D eigenvalue weighted by atomic mass is 10.2. The fourth-order valence-electron chi connectivity index (χ4n) is 3.52. The molecule has 4 rings (SSSR count). The zero-order valence-corrected chi connectivity index (χ0v) is 20.2. The lowest BCUT2D eigenvalue weighted by molar-refractivity contribution is 0.0500. The molecule has 4 aromatic rings. The van der Waals surface area contributed by atoms with Crippen LogP contribution in [0.3, 0.4) is 0 Å². The van der Waals surface area contributed by atoms with Crippen molar-refractivity contribution in [2.24, 2.45) is 0 Å². The van der Waals surface area contributed by atoms with Crippen molar-refractivity contribution in [3.8, 4) is 11.3 Å². The average Bonchev–Trinajstić information content (AvgIpc) is 3.30. The Balaban J connectivity index is 1.59. The second-order valence-electron chi connectivity index (χ2n) is 8.06. The van der Waals surface area contributed by atoms with Crippen LogP contribution in [-0.2, 0) is 21.3 Å². The quantitative estimate of drug-likeness (QED) is 0.239. The Hall–Kier alpha value is -3.91. The molecule has 0 spiro atoms. The van der Waals surface area contributed by atoms with E-state index in [2.05, 4.69) is 9.82 Å². The Kier molecular flexibility index (Phi) is 7.62. The highest BCUT2D eigenvalue weighted by molar-refractivity contribution is 7.92. The smallest absolute Gasteiger partial charge is 0.338 e. The van der Waals surface area contributed by atoms with Gasteiger partial charge in [0.2, 0.25) is 0 Å². The van der Waals surface area contributed by atoms with E-state index in [0.29, 0.717) is 35.7 Å². The first-order chi connectivity index (χ1) is 17.0. The van der Waals surface area contributed by atoms with Gasteiger partial charge in [0.1, 0.15) is 10.6 Å². The minimum atomic E-state index is -3.96. The molecule has 35 heavy (non-hydrogen) atoms. The van der Waals surface area contributed by atoms with E-state index in [9.17, 15) is 13.2 Å². The largest absolute Gasteiger partial charge is 0.462 e. The number of hydrogen-bond acceptors (Lipinski definition) is 5. The Morgan fingerprint density at radius 1 is 0.943 bits per heavy atom. The first-order valence-electron chi connectivity index (χ1n) is 11.4. The van der Waals surface area contributed by atoms with Crippen LogP contribution in [0.1, 0.15) is 35.7 Å². The second-order valence-corrected chi connectivity index (χ2v) is 9.71.